The molecule has 22 heavy (non-hydrogen) atoms. The van der Waals surface area contributed by atoms with E-state index in [0.29, 0.717) is 5.88 Å². The van der Waals surface area contributed by atoms with Crippen molar-refractivity contribution in [3.05, 3.63) is 23.8 Å². The first kappa shape index (κ1) is 13.7. The maximum absolute atomic E-state index is 10.6. The van der Waals surface area contributed by atoms with Crippen LogP contribution in [0.2, 0.25) is 0 Å². The van der Waals surface area contributed by atoms with Crippen molar-refractivity contribution in [3.8, 4) is 5.88 Å². The van der Waals surface area contributed by atoms with Crippen LogP contribution in [0.1, 0.15) is 37.7 Å². The van der Waals surface area contributed by atoms with Crippen LogP contribution in [0.5, 0.6) is 5.88 Å². The lowest BCUT2D eigenvalue weighted by Crippen LogP contribution is -2.17. The van der Waals surface area contributed by atoms with E-state index in [-0.39, 0.29) is 0 Å². The highest BCUT2D eigenvalue weighted by atomic mass is 16.3. The van der Waals surface area contributed by atoms with Crippen LogP contribution in [-0.2, 0) is 7.05 Å². The lowest BCUT2D eigenvalue weighted by atomic mass is 10.0. The summed E-state index contributed by atoms with van der Waals surface area (Å²) in [7, 11) is 1.93. The summed E-state index contributed by atoms with van der Waals surface area (Å²) in [5.74, 6) is 0.356. The molecule has 1 aromatic carbocycles. The predicted molar refractivity (Wildman–Crippen MR) is 91.3 cm³/mol. The van der Waals surface area contributed by atoms with Gasteiger partial charge in [0.15, 0.2) is 0 Å². The van der Waals surface area contributed by atoms with E-state index in [4.69, 9.17) is 0 Å². The molecule has 3 heterocycles. The summed E-state index contributed by atoms with van der Waals surface area (Å²) in [6.07, 6.45) is 5.85. The van der Waals surface area contributed by atoms with Crippen LogP contribution in [0.4, 0.5) is 5.69 Å². The van der Waals surface area contributed by atoms with E-state index in [1.54, 1.807) is 0 Å². The fourth-order valence-corrected chi connectivity index (χ4v) is 3.78. The zero-order chi connectivity index (χ0) is 15.1. The van der Waals surface area contributed by atoms with E-state index < -0.39 is 0 Å². The lowest BCUT2D eigenvalue weighted by molar-refractivity contribution is 0.434. The second-order valence-corrected chi connectivity index (χ2v) is 6.44. The fraction of sp³-hybridized carbons (Fsp3) is 0.500. The Bertz CT molecular complexity index is 738. The zero-order valence-electron chi connectivity index (χ0n) is 13.2. The predicted octanol–water partition coefficient (Wildman–Crippen LogP) is 3.46. The third kappa shape index (κ3) is 2.09. The first-order valence-corrected chi connectivity index (χ1v) is 8.36. The molecule has 0 saturated carbocycles. The van der Waals surface area contributed by atoms with Gasteiger partial charge in [0, 0.05) is 43.5 Å². The van der Waals surface area contributed by atoms with Crippen molar-refractivity contribution in [2.45, 2.75) is 32.1 Å². The molecule has 0 radical (unpaired) electrons. The van der Waals surface area contributed by atoms with E-state index in [2.05, 4.69) is 28.1 Å². The summed E-state index contributed by atoms with van der Waals surface area (Å²) in [5.41, 5.74) is 4.39. The van der Waals surface area contributed by atoms with Crippen molar-refractivity contribution in [1.29, 1.82) is 0 Å². The molecule has 4 heteroatoms. The molecule has 1 aromatic heterocycles. The van der Waals surface area contributed by atoms with E-state index in [0.717, 1.165) is 54.7 Å². The molecule has 2 aliphatic heterocycles. The van der Waals surface area contributed by atoms with Gasteiger partial charge in [-0.3, -0.25) is 4.99 Å². The zero-order valence-corrected chi connectivity index (χ0v) is 13.2. The van der Waals surface area contributed by atoms with Gasteiger partial charge in [-0.15, -0.1) is 0 Å². The number of hydrogen-bond donors (Lipinski definition) is 1. The van der Waals surface area contributed by atoms with Crippen LogP contribution >= 0.6 is 0 Å². The molecule has 1 fully saturated rings. The van der Waals surface area contributed by atoms with Gasteiger partial charge in [-0.25, -0.2) is 0 Å². The van der Waals surface area contributed by atoms with E-state index in [1.165, 1.54) is 24.9 Å². The Morgan fingerprint density at radius 2 is 1.91 bits per heavy atom. The maximum atomic E-state index is 10.6. The van der Waals surface area contributed by atoms with Crippen LogP contribution in [0.15, 0.2) is 23.2 Å². The van der Waals surface area contributed by atoms with Crippen LogP contribution in [0, 0.1) is 0 Å². The van der Waals surface area contributed by atoms with Gasteiger partial charge in [0.05, 0.1) is 11.1 Å². The first-order chi connectivity index (χ1) is 10.8. The van der Waals surface area contributed by atoms with Gasteiger partial charge in [-0.05, 0) is 50.3 Å². The number of fused-ring (bicyclic) bond motifs is 1. The number of aliphatic imine (C=N–C) groups is 1. The minimum absolute atomic E-state index is 0.356. The Morgan fingerprint density at radius 3 is 2.64 bits per heavy atom. The van der Waals surface area contributed by atoms with Gasteiger partial charge >= 0.3 is 0 Å². The Labute approximate surface area is 131 Å². The molecule has 0 amide bonds. The summed E-state index contributed by atoms with van der Waals surface area (Å²) in [6.45, 7) is 3.16. The summed E-state index contributed by atoms with van der Waals surface area (Å²) in [6, 6.07) is 6.56. The molecular weight excluding hydrogens is 274 g/mol. The van der Waals surface area contributed by atoms with E-state index in [1.807, 2.05) is 11.6 Å². The normalized spacial score (nSPS) is 19.0. The van der Waals surface area contributed by atoms with Gasteiger partial charge in [0.2, 0.25) is 5.88 Å². The number of aromatic hydroxyl groups is 1. The molecule has 0 spiro atoms. The minimum atomic E-state index is 0.356. The molecule has 0 unspecified atom stereocenters. The third-order valence-electron chi connectivity index (χ3n) is 5.04. The Hall–Kier alpha value is -1.97. The smallest absolute Gasteiger partial charge is 0.201 e. The van der Waals surface area contributed by atoms with Gasteiger partial charge in [0.1, 0.15) is 0 Å². The SMILES string of the molecule is Cn1c(O)c(C2=NCCCC2)c2cc(N3CCCC3)ccc21. The Kier molecular flexibility index (Phi) is 3.32. The molecule has 116 valence electrons. The van der Waals surface area contributed by atoms with Crippen molar-refractivity contribution in [2.24, 2.45) is 12.0 Å². The average molecular weight is 297 g/mol. The molecule has 4 nitrogen and oxygen atoms in total. The van der Waals surface area contributed by atoms with Gasteiger partial charge in [0.25, 0.3) is 0 Å². The highest BCUT2D eigenvalue weighted by Gasteiger charge is 2.22. The lowest BCUT2D eigenvalue weighted by Gasteiger charge is -2.18. The first-order valence-electron chi connectivity index (χ1n) is 8.36. The minimum Gasteiger partial charge on any atom is -0.494 e. The summed E-state index contributed by atoms with van der Waals surface area (Å²) < 4.78 is 1.88. The monoisotopic (exact) mass is 297 g/mol. The summed E-state index contributed by atoms with van der Waals surface area (Å²) in [4.78, 5) is 7.12. The maximum Gasteiger partial charge on any atom is 0.201 e. The van der Waals surface area contributed by atoms with Crippen molar-refractivity contribution >= 4 is 22.3 Å². The second-order valence-electron chi connectivity index (χ2n) is 6.44. The number of nitrogens with zero attached hydrogens (tertiary/aromatic N) is 3. The van der Waals surface area contributed by atoms with Crippen LogP contribution < -0.4 is 4.90 Å². The van der Waals surface area contributed by atoms with Crippen LogP contribution in [-0.4, -0.2) is 35.0 Å². The number of aromatic nitrogens is 1. The molecule has 4 rings (SSSR count). The number of hydrogen-bond acceptors (Lipinski definition) is 3. The van der Waals surface area contributed by atoms with Crippen LogP contribution in [0.25, 0.3) is 10.9 Å². The molecule has 2 aromatic rings. The van der Waals surface area contributed by atoms with Crippen molar-refractivity contribution in [3.63, 3.8) is 0 Å². The molecule has 0 bridgehead atoms. The average Bonchev–Trinajstić information content (AvgIpc) is 3.17. The van der Waals surface area contributed by atoms with Gasteiger partial charge in [-0.2, -0.15) is 0 Å². The topological polar surface area (TPSA) is 40.8 Å². The van der Waals surface area contributed by atoms with Crippen molar-refractivity contribution in [2.75, 3.05) is 24.5 Å². The number of benzene rings is 1. The Balaban J connectivity index is 1.88. The molecular formula is C18H23N3O. The van der Waals surface area contributed by atoms with Gasteiger partial charge in [-0.1, -0.05) is 0 Å². The molecule has 1 N–H and O–H groups in total. The van der Waals surface area contributed by atoms with E-state index in [9.17, 15) is 5.11 Å². The summed E-state index contributed by atoms with van der Waals surface area (Å²) >= 11 is 0. The quantitative estimate of drug-likeness (QED) is 0.922. The largest absolute Gasteiger partial charge is 0.494 e. The van der Waals surface area contributed by atoms with Crippen LogP contribution in [0.3, 0.4) is 0 Å². The van der Waals surface area contributed by atoms with Crippen molar-refractivity contribution in [1.82, 2.24) is 4.57 Å². The standard InChI is InChI=1S/C18H23N3O/c1-20-16-8-7-13(21-10-4-5-11-21)12-14(16)17(18(20)22)15-6-2-3-9-19-15/h7-8,12,22H,2-6,9-11H2,1H3. The number of aryl methyl sites for hydroxylation is 1. The van der Waals surface area contributed by atoms with E-state index >= 15 is 0 Å². The molecule has 0 aliphatic carbocycles. The van der Waals surface area contributed by atoms with Gasteiger partial charge < -0.3 is 14.6 Å². The molecule has 0 atom stereocenters. The molecule has 2 aliphatic rings. The highest BCUT2D eigenvalue weighted by molar-refractivity contribution is 6.14. The fourth-order valence-electron chi connectivity index (χ4n) is 3.78. The third-order valence-corrected chi connectivity index (χ3v) is 5.04. The Morgan fingerprint density at radius 1 is 1.09 bits per heavy atom. The highest BCUT2D eigenvalue weighted by Crippen LogP contribution is 2.35. The second kappa shape index (κ2) is 5.34. The number of rotatable bonds is 2. The summed E-state index contributed by atoms with van der Waals surface area (Å²) in [5, 5.41) is 11.7. The number of anilines is 1. The van der Waals surface area contributed by atoms with Crippen molar-refractivity contribution < 1.29 is 5.11 Å². The molecule has 1 saturated heterocycles.